The zero-order valence-electron chi connectivity index (χ0n) is 13.6. The first-order valence-electron chi connectivity index (χ1n) is 7.64. The molecular weight excluding hydrogens is 206 g/mol. The van der Waals surface area contributed by atoms with Crippen molar-refractivity contribution in [1.82, 2.24) is 4.90 Å². The second-order valence-corrected chi connectivity index (χ2v) is 3.65. The van der Waals surface area contributed by atoms with Crippen molar-refractivity contribution in [2.24, 2.45) is 0 Å². The van der Waals surface area contributed by atoms with Gasteiger partial charge in [0.25, 0.3) is 0 Å². The van der Waals surface area contributed by atoms with Gasteiger partial charge in [-0.2, -0.15) is 0 Å². The first-order chi connectivity index (χ1) is 8.31. The van der Waals surface area contributed by atoms with Crippen molar-refractivity contribution in [3.8, 4) is 0 Å². The second kappa shape index (κ2) is 24.8. The molecule has 0 aliphatic heterocycles. The summed E-state index contributed by atoms with van der Waals surface area (Å²) in [4.78, 5) is 2.34. The molecule has 106 valence electrons. The summed E-state index contributed by atoms with van der Waals surface area (Å²) in [6, 6.07) is 0. The van der Waals surface area contributed by atoms with Gasteiger partial charge < -0.3 is 4.90 Å². The molecule has 0 aromatic rings. The monoisotopic (exact) mass is 243 g/mol. The molecule has 1 nitrogen and oxygen atoms in total. The first kappa shape index (κ1) is 21.9. The maximum Gasteiger partial charge on any atom is -0.00220 e. The van der Waals surface area contributed by atoms with E-state index >= 15 is 0 Å². The van der Waals surface area contributed by atoms with Gasteiger partial charge in [-0.25, -0.2) is 0 Å². The maximum absolute atomic E-state index is 2.34. The molecule has 1 rings (SSSR count). The molecule has 17 heavy (non-hydrogen) atoms. The molecule has 0 saturated heterocycles. The summed E-state index contributed by atoms with van der Waals surface area (Å²) in [5.74, 6) is 0. The average molecular weight is 243 g/mol. The molecule has 0 spiro atoms. The number of hydrogen-bond donors (Lipinski definition) is 0. The lowest BCUT2D eigenvalue weighted by atomic mass is 10.3. The minimum Gasteiger partial charge on any atom is -0.307 e. The van der Waals surface area contributed by atoms with E-state index < -0.39 is 0 Å². The summed E-state index contributed by atoms with van der Waals surface area (Å²) in [5.41, 5.74) is 0. The third-order valence-electron chi connectivity index (χ3n) is 2.34. The molecule has 0 saturated carbocycles. The molecule has 0 bridgehead atoms. The van der Waals surface area contributed by atoms with Gasteiger partial charge in [0.2, 0.25) is 0 Å². The summed E-state index contributed by atoms with van der Waals surface area (Å²) in [6.45, 7) is 14.9. The Morgan fingerprint density at radius 3 is 1.65 bits per heavy atom. The van der Waals surface area contributed by atoms with Crippen LogP contribution < -0.4 is 0 Å². The molecule has 0 radical (unpaired) electrons. The smallest absolute Gasteiger partial charge is 0.00220 e. The number of allylic oxidation sites excluding steroid dienone is 2. The fraction of sp³-hybridized carbons (Fsp3) is 0.875. The fourth-order valence-electron chi connectivity index (χ4n) is 1.18. The Morgan fingerprint density at radius 2 is 1.41 bits per heavy atom. The van der Waals surface area contributed by atoms with Gasteiger partial charge in [0.05, 0.1) is 0 Å². The molecule has 1 aliphatic carbocycles. The van der Waals surface area contributed by atoms with Crippen LogP contribution in [0, 0.1) is 0 Å². The lowest BCUT2D eigenvalue weighted by Crippen LogP contribution is -2.18. The highest BCUT2D eigenvalue weighted by Gasteiger charge is 1.89. The zero-order chi connectivity index (χ0) is 13.9. The molecule has 0 heterocycles. The van der Waals surface area contributed by atoms with Gasteiger partial charge in [-0.05, 0) is 45.8 Å². The summed E-state index contributed by atoms with van der Waals surface area (Å²) in [5, 5.41) is 0. The van der Waals surface area contributed by atoms with Crippen LogP contribution in [-0.4, -0.2) is 25.0 Å². The molecular formula is C16H37N. The standard InChI is InChI=1S/C7H17N.C5H8.2C2H6/c1-4-6-7-8(3)5-2;1-2-4-5-3-1;2*1-2/h4-7H2,1-3H3;1-2H,3-5H2;2*1-2H3. The van der Waals surface area contributed by atoms with Gasteiger partial charge in [0, 0.05) is 0 Å². The van der Waals surface area contributed by atoms with E-state index in [0.29, 0.717) is 0 Å². The van der Waals surface area contributed by atoms with Crippen molar-refractivity contribution in [1.29, 1.82) is 0 Å². The molecule has 0 N–H and O–H groups in total. The van der Waals surface area contributed by atoms with Gasteiger partial charge >= 0.3 is 0 Å². The summed E-state index contributed by atoms with van der Waals surface area (Å²) in [6.07, 6.45) is 11.1. The van der Waals surface area contributed by atoms with Crippen LogP contribution in [0.4, 0.5) is 0 Å². The topological polar surface area (TPSA) is 3.24 Å². The van der Waals surface area contributed by atoms with Gasteiger partial charge in [-0.1, -0.05) is 60.1 Å². The number of nitrogens with zero attached hydrogens (tertiary/aromatic N) is 1. The van der Waals surface area contributed by atoms with Crippen LogP contribution in [0.5, 0.6) is 0 Å². The molecule has 0 aromatic carbocycles. The second-order valence-electron chi connectivity index (χ2n) is 3.65. The van der Waals surface area contributed by atoms with Crippen molar-refractivity contribution in [3.05, 3.63) is 12.2 Å². The van der Waals surface area contributed by atoms with Crippen LogP contribution in [0.15, 0.2) is 12.2 Å². The van der Waals surface area contributed by atoms with E-state index in [1.807, 2.05) is 27.7 Å². The number of hydrogen-bond acceptors (Lipinski definition) is 1. The number of rotatable bonds is 4. The highest BCUT2D eigenvalue weighted by Crippen LogP contribution is 2.05. The van der Waals surface area contributed by atoms with Crippen molar-refractivity contribution in [2.45, 2.75) is 73.6 Å². The van der Waals surface area contributed by atoms with Crippen molar-refractivity contribution >= 4 is 0 Å². The molecule has 1 heteroatoms. The third kappa shape index (κ3) is 25.7. The average Bonchev–Trinajstić information content (AvgIpc) is 3.00. The largest absolute Gasteiger partial charge is 0.307 e. The van der Waals surface area contributed by atoms with Gasteiger partial charge in [-0.3, -0.25) is 0 Å². The molecule has 1 aliphatic rings. The predicted molar refractivity (Wildman–Crippen MR) is 83.8 cm³/mol. The number of unbranched alkanes of at least 4 members (excludes halogenated alkanes) is 1. The van der Waals surface area contributed by atoms with Crippen LogP contribution >= 0.6 is 0 Å². The molecule has 0 unspecified atom stereocenters. The SMILES string of the molecule is C1=CCCC1.CC.CC.CCCCN(C)CC. The Bertz CT molecular complexity index is 113. The first-order valence-corrected chi connectivity index (χ1v) is 7.64. The zero-order valence-corrected chi connectivity index (χ0v) is 13.6. The summed E-state index contributed by atoms with van der Waals surface area (Å²) in [7, 11) is 2.16. The Balaban J connectivity index is -0.000000186. The van der Waals surface area contributed by atoms with Crippen molar-refractivity contribution in [3.63, 3.8) is 0 Å². The Morgan fingerprint density at radius 1 is 0.941 bits per heavy atom. The maximum atomic E-state index is 2.34. The van der Waals surface area contributed by atoms with Crippen LogP contribution in [0.1, 0.15) is 73.6 Å². The van der Waals surface area contributed by atoms with E-state index in [4.69, 9.17) is 0 Å². The Kier molecular flexibility index (Phi) is 32.0. The van der Waals surface area contributed by atoms with E-state index in [1.54, 1.807) is 0 Å². The van der Waals surface area contributed by atoms with Gasteiger partial charge in [0.1, 0.15) is 0 Å². The van der Waals surface area contributed by atoms with Crippen LogP contribution in [-0.2, 0) is 0 Å². The van der Waals surface area contributed by atoms with E-state index in [-0.39, 0.29) is 0 Å². The minimum absolute atomic E-state index is 1.18. The van der Waals surface area contributed by atoms with E-state index in [2.05, 4.69) is 37.9 Å². The molecule has 0 aromatic heterocycles. The highest BCUT2D eigenvalue weighted by molar-refractivity contribution is 4.88. The lowest BCUT2D eigenvalue weighted by molar-refractivity contribution is 0.346. The molecule has 0 amide bonds. The van der Waals surface area contributed by atoms with Crippen LogP contribution in [0.25, 0.3) is 0 Å². The van der Waals surface area contributed by atoms with Crippen LogP contribution in [0.2, 0.25) is 0 Å². The lowest BCUT2D eigenvalue weighted by Gasteiger charge is -2.11. The quantitative estimate of drug-likeness (QED) is 0.588. The minimum atomic E-state index is 1.18. The van der Waals surface area contributed by atoms with Crippen LogP contribution in [0.3, 0.4) is 0 Å². The molecule has 0 atom stereocenters. The van der Waals surface area contributed by atoms with Crippen molar-refractivity contribution in [2.75, 3.05) is 20.1 Å². The van der Waals surface area contributed by atoms with E-state index in [1.165, 1.54) is 45.2 Å². The summed E-state index contributed by atoms with van der Waals surface area (Å²) >= 11 is 0. The Labute approximate surface area is 111 Å². The predicted octanol–water partition coefficient (Wildman–Crippen LogP) is 5.52. The van der Waals surface area contributed by atoms with Gasteiger partial charge in [-0.15, -0.1) is 0 Å². The highest BCUT2D eigenvalue weighted by atomic mass is 15.1. The van der Waals surface area contributed by atoms with E-state index in [0.717, 1.165) is 0 Å². The molecule has 0 fully saturated rings. The Hall–Kier alpha value is -0.300. The fourth-order valence-corrected chi connectivity index (χ4v) is 1.18. The van der Waals surface area contributed by atoms with Crippen molar-refractivity contribution < 1.29 is 0 Å². The van der Waals surface area contributed by atoms with E-state index in [9.17, 15) is 0 Å². The normalized spacial score (nSPS) is 11.8. The van der Waals surface area contributed by atoms with Gasteiger partial charge in [0.15, 0.2) is 0 Å². The third-order valence-corrected chi connectivity index (χ3v) is 2.34. The summed E-state index contributed by atoms with van der Waals surface area (Å²) < 4.78 is 0.